The van der Waals surface area contributed by atoms with Gasteiger partial charge in [-0.15, -0.1) is 0 Å². The van der Waals surface area contributed by atoms with Crippen LogP contribution in [0.3, 0.4) is 0 Å². The standard InChI is InChI=1S/C8H8ClF3N2O2S/c1-13-17(15,16)14-6-4-2-3-5(7(6)9)8(10,11)12/h2-4,13-14H,1H3. The summed E-state index contributed by atoms with van der Waals surface area (Å²) in [6.07, 6.45) is -4.64. The van der Waals surface area contributed by atoms with Crippen LogP contribution in [0.4, 0.5) is 18.9 Å². The number of benzene rings is 1. The Balaban J connectivity index is 3.21. The van der Waals surface area contributed by atoms with Crippen molar-refractivity contribution < 1.29 is 21.6 Å². The van der Waals surface area contributed by atoms with E-state index in [4.69, 9.17) is 11.6 Å². The molecule has 0 saturated carbocycles. The fourth-order valence-electron chi connectivity index (χ4n) is 1.03. The van der Waals surface area contributed by atoms with Gasteiger partial charge in [0.15, 0.2) is 0 Å². The lowest BCUT2D eigenvalue weighted by Gasteiger charge is -2.13. The molecule has 0 unspecified atom stereocenters. The van der Waals surface area contributed by atoms with Gasteiger partial charge in [-0.25, -0.2) is 4.72 Å². The molecule has 0 aliphatic carbocycles. The van der Waals surface area contributed by atoms with Gasteiger partial charge >= 0.3 is 6.18 Å². The summed E-state index contributed by atoms with van der Waals surface area (Å²) in [6, 6.07) is 2.95. The molecule has 0 aliphatic heterocycles. The van der Waals surface area contributed by atoms with E-state index < -0.39 is 27.0 Å². The predicted octanol–water partition coefficient (Wildman–Crippen LogP) is 2.23. The number of alkyl halides is 3. The molecule has 17 heavy (non-hydrogen) atoms. The van der Waals surface area contributed by atoms with Crippen molar-refractivity contribution in [3.63, 3.8) is 0 Å². The molecule has 1 aromatic carbocycles. The van der Waals surface area contributed by atoms with Crippen molar-refractivity contribution in [2.24, 2.45) is 0 Å². The van der Waals surface area contributed by atoms with Gasteiger partial charge in [-0.3, -0.25) is 4.72 Å². The molecular weight excluding hydrogens is 281 g/mol. The van der Waals surface area contributed by atoms with Gasteiger partial charge in [0.1, 0.15) is 0 Å². The Labute approximate surface area is 101 Å². The van der Waals surface area contributed by atoms with Gasteiger partial charge in [0.2, 0.25) is 0 Å². The van der Waals surface area contributed by atoms with Crippen molar-refractivity contribution >= 4 is 27.5 Å². The summed E-state index contributed by atoms with van der Waals surface area (Å²) in [5, 5.41) is -0.696. The number of hydrogen-bond acceptors (Lipinski definition) is 2. The number of rotatable bonds is 3. The van der Waals surface area contributed by atoms with Crippen molar-refractivity contribution in [3.8, 4) is 0 Å². The number of anilines is 1. The van der Waals surface area contributed by atoms with Gasteiger partial charge in [-0.2, -0.15) is 21.6 Å². The van der Waals surface area contributed by atoms with E-state index in [0.717, 1.165) is 25.2 Å². The molecule has 4 nitrogen and oxygen atoms in total. The quantitative estimate of drug-likeness (QED) is 0.896. The highest BCUT2D eigenvalue weighted by molar-refractivity contribution is 7.90. The molecular formula is C8H8ClF3N2O2S. The zero-order valence-electron chi connectivity index (χ0n) is 8.47. The van der Waals surface area contributed by atoms with Crippen LogP contribution < -0.4 is 9.44 Å². The molecule has 0 aliphatic rings. The van der Waals surface area contributed by atoms with Gasteiger partial charge < -0.3 is 0 Å². The fraction of sp³-hybridized carbons (Fsp3) is 0.250. The summed E-state index contributed by atoms with van der Waals surface area (Å²) in [5.41, 5.74) is -1.44. The zero-order valence-corrected chi connectivity index (χ0v) is 10.0. The molecule has 0 fully saturated rings. The van der Waals surface area contributed by atoms with Crippen LogP contribution >= 0.6 is 11.6 Å². The van der Waals surface area contributed by atoms with Crippen LogP contribution in [-0.2, 0) is 16.4 Å². The van der Waals surface area contributed by atoms with Crippen LogP contribution in [0.2, 0.25) is 5.02 Å². The van der Waals surface area contributed by atoms with Crippen molar-refractivity contribution in [3.05, 3.63) is 28.8 Å². The van der Waals surface area contributed by atoms with Crippen molar-refractivity contribution in [2.45, 2.75) is 6.18 Å². The monoisotopic (exact) mass is 288 g/mol. The number of nitrogens with one attached hydrogen (secondary N) is 2. The maximum atomic E-state index is 12.5. The van der Waals surface area contributed by atoms with E-state index in [-0.39, 0.29) is 5.69 Å². The van der Waals surface area contributed by atoms with E-state index in [1.165, 1.54) is 0 Å². The third-order valence-electron chi connectivity index (χ3n) is 1.82. The second kappa shape index (κ2) is 4.71. The van der Waals surface area contributed by atoms with E-state index in [2.05, 4.69) is 0 Å². The van der Waals surface area contributed by atoms with Gasteiger partial charge in [0.25, 0.3) is 10.2 Å². The lowest BCUT2D eigenvalue weighted by atomic mass is 10.2. The first-order valence-electron chi connectivity index (χ1n) is 4.24. The molecule has 1 rings (SSSR count). The van der Waals surface area contributed by atoms with Gasteiger partial charge in [-0.05, 0) is 12.1 Å². The summed E-state index contributed by atoms with van der Waals surface area (Å²) in [7, 11) is -2.79. The van der Waals surface area contributed by atoms with Crippen LogP contribution in [0, 0.1) is 0 Å². The van der Waals surface area contributed by atoms with E-state index in [0.29, 0.717) is 0 Å². The molecule has 0 spiro atoms. The Morgan fingerprint density at radius 1 is 1.29 bits per heavy atom. The minimum Gasteiger partial charge on any atom is -0.270 e. The van der Waals surface area contributed by atoms with Crippen LogP contribution in [-0.4, -0.2) is 15.5 Å². The molecule has 0 bridgehead atoms. The average molecular weight is 289 g/mol. The summed E-state index contributed by atoms with van der Waals surface area (Å²) in [4.78, 5) is 0. The fourth-order valence-corrected chi connectivity index (χ4v) is 1.92. The van der Waals surface area contributed by atoms with Crippen molar-refractivity contribution in [1.82, 2.24) is 4.72 Å². The van der Waals surface area contributed by atoms with Gasteiger partial charge in [0.05, 0.1) is 16.3 Å². The Hall–Kier alpha value is -0.990. The highest BCUT2D eigenvalue weighted by Crippen LogP contribution is 2.38. The van der Waals surface area contributed by atoms with E-state index in [1.807, 2.05) is 9.44 Å². The first-order valence-corrected chi connectivity index (χ1v) is 6.10. The van der Waals surface area contributed by atoms with E-state index >= 15 is 0 Å². The van der Waals surface area contributed by atoms with Crippen LogP contribution in [0.25, 0.3) is 0 Å². The zero-order chi connectivity index (χ0) is 13.3. The van der Waals surface area contributed by atoms with Crippen LogP contribution in [0.5, 0.6) is 0 Å². The maximum absolute atomic E-state index is 12.5. The molecule has 96 valence electrons. The molecule has 0 radical (unpaired) electrons. The Kier molecular flexibility index (Phi) is 3.90. The first-order chi connectivity index (χ1) is 7.67. The molecule has 0 amide bonds. The smallest absolute Gasteiger partial charge is 0.270 e. The highest BCUT2D eigenvalue weighted by Gasteiger charge is 2.34. The highest BCUT2D eigenvalue weighted by atomic mass is 35.5. The second-order valence-electron chi connectivity index (χ2n) is 2.97. The number of halogens is 4. The SMILES string of the molecule is CNS(=O)(=O)Nc1cccc(C(F)(F)F)c1Cl. The third-order valence-corrected chi connectivity index (χ3v) is 3.25. The Morgan fingerprint density at radius 2 is 1.88 bits per heavy atom. The first kappa shape index (κ1) is 14.1. The largest absolute Gasteiger partial charge is 0.417 e. The summed E-state index contributed by atoms with van der Waals surface area (Å²) < 4.78 is 63.4. The van der Waals surface area contributed by atoms with Gasteiger partial charge in [0, 0.05) is 7.05 Å². The van der Waals surface area contributed by atoms with Crippen LogP contribution in [0.15, 0.2) is 18.2 Å². The Bertz CT molecular complexity index is 516. The molecule has 9 heteroatoms. The molecule has 0 saturated heterocycles. The molecule has 0 atom stereocenters. The third kappa shape index (κ3) is 3.48. The molecule has 0 aromatic heterocycles. The number of hydrogen-bond donors (Lipinski definition) is 2. The summed E-state index contributed by atoms with van der Waals surface area (Å²) in [5.74, 6) is 0. The summed E-state index contributed by atoms with van der Waals surface area (Å²) >= 11 is 5.48. The van der Waals surface area contributed by atoms with Crippen molar-refractivity contribution in [2.75, 3.05) is 11.8 Å². The molecule has 0 heterocycles. The maximum Gasteiger partial charge on any atom is 0.417 e. The second-order valence-corrected chi connectivity index (χ2v) is 4.97. The molecule has 2 N–H and O–H groups in total. The van der Waals surface area contributed by atoms with Crippen molar-refractivity contribution in [1.29, 1.82) is 0 Å². The topological polar surface area (TPSA) is 58.2 Å². The van der Waals surface area contributed by atoms with E-state index in [1.54, 1.807) is 0 Å². The lowest BCUT2D eigenvalue weighted by Crippen LogP contribution is -2.26. The Morgan fingerprint density at radius 3 is 2.35 bits per heavy atom. The van der Waals surface area contributed by atoms with E-state index in [9.17, 15) is 21.6 Å². The normalized spacial score (nSPS) is 12.5. The summed E-state index contributed by atoms with van der Waals surface area (Å²) in [6.45, 7) is 0. The molecule has 1 aromatic rings. The minimum absolute atomic E-state index is 0.337. The minimum atomic E-state index is -4.64. The average Bonchev–Trinajstić information content (AvgIpc) is 2.19. The predicted molar refractivity (Wildman–Crippen MR) is 58.1 cm³/mol. The van der Waals surface area contributed by atoms with Crippen LogP contribution in [0.1, 0.15) is 5.56 Å². The van der Waals surface area contributed by atoms with Gasteiger partial charge in [-0.1, -0.05) is 17.7 Å². The lowest BCUT2D eigenvalue weighted by molar-refractivity contribution is -0.137.